The molecule has 6 nitrogen and oxygen atoms in total. The standard InChI is InChI=1S/C20H24F2N4O2/c21-15-2-3-18(17(22)14-15)28-16-4-12-25(13-5-16)19(27)20(6-9-23-10-7-20)26-11-1-8-24-26/h1-3,8,11,14,16,23H,4-7,9-10,12-13H2. The van der Waals surface area contributed by atoms with E-state index in [0.29, 0.717) is 38.8 Å². The van der Waals surface area contributed by atoms with Crippen molar-refractivity contribution < 1.29 is 18.3 Å². The van der Waals surface area contributed by atoms with E-state index < -0.39 is 17.2 Å². The van der Waals surface area contributed by atoms with E-state index in [9.17, 15) is 13.6 Å². The summed E-state index contributed by atoms with van der Waals surface area (Å²) in [5, 5.41) is 7.67. The molecule has 2 aromatic rings. The smallest absolute Gasteiger partial charge is 0.250 e. The molecule has 3 heterocycles. The Balaban J connectivity index is 1.42. The zero-order chi connectivity index (χ0) is 19.6. The Bertz CT molecular complexity index is 814. The number of ether oxygens (including phenoxy) is 1. The van der Waals surface area contributed by atoms with Crippen LogP contribution in [0.4, 0.5) is 8.78 Å². The number of amides is 1. The van der Waals surface area contributed by atoms with Crippen LogP contribution in [-0.4, -0.2) is 52.9 Å². The van der Waals surface area contributed by atoms with Crippen molar-refractivity contribution in [2.45, 2.75) is 37.3 Å². The number of hydrogen-bond acceptors (Lipinski definition) is 4. The minimum absolute atomic E-state index is 0.0533. The first-order chi connectivity index (χ1) is 13.6. The molecule has 0 radical (unpaired) electrons. The molecule has 2 saturated heterocycles. The summed E-state index contributed by atoms with van der Waals surface area (Å²) in [6.45, 7) is 2.63. The van der Waals surface area contributed by atoms with E-state index in [-0.39, 0.29) is 17.8 Å². The Labute approximate surface area is 162 Å². The molecule has 1 amide bonds. The van der Waals surface area contributed by atoms with Crippen molar-refractivity contribution in [3.8, 4) is 5.75 Å². The fourth-order valence-corrected chi connectivity index (χ4v) is 4.12. The van der Waals surface area contributed by atoms with Crippen molar-refractivity contribution in [1.82, 2.24) is 20.0 Å². The van der Waals surface area contributed by atoms with Gasteiger partial charge in [-0.2, -0.15) is 5.10 Å². The molecule has 0 unspecified atom stereocenters. The van der Waals surface area contributed by atoms with Gasteiger partial charge in [0.1, 0.15) is 17.5 Å². The summed E-state index contributed by atoms with van der Waals surface area (Å²) in [5.74, 6) is -1.19. The van der Waals surface area contributed by atoms with Crippen molar-refractivity contribution in [1.29, 1.82) is 0 Å². The quantitative estimate of drug-likeness (QED) is 0.871. The monoisotopic (exact) mass is 390 g/mol. The molecule has 0 aliphatic carbocycles. The molecule has 2 aliphatic rings. The highest BCUT2D eigenvalue weighted by atomic mass is 19.1. The van der Waals surface area contributed by atoms with Crippen molar-refractivity contribution in [2.24, 2.45) is 0 Å². The van der Waals surface area contributed by atoms with Crippen molar-refractivity contribution >= 4 is 5.91 Å². The summed E-state index contributed by atoms with van der Waals surface area (Å²) in [4.78, 5) is 15.3. The first-order valence-electron chi connectivity index (χ1n) is 9.70. The molecule has 150 valence electrons. The topological polar surface area (TPSA) is 59.4 Å². The summed E-state index contributed by atoms with van der Waals surface area (Å²) in [6, 6.07) is 5.15. The Morgan fingerprint density at radius 3 is 2.61 bits per heavy atom. The van der Waals surface area contributed by atoms with Gasteiger partial charge in [-0.3, -0.25) is 9.48 Å². The number of hydrogen-bond donors (Lipinski definition) is 1. The normalized spacial score (nSPS) is 20.1. The first kappa shape index (κ1) is 18.9. The molecule has 0 saturated carbocycles. The molecule has 1 aromatic carbocycles. The highest BCUT2D eigenvalue weighted by Gasteiger charge is 2.45. The maximum absolute atomic E-state index is 13.8. The summed E-state index contributed by atoms with van der Waals surface area (Å²) >= 11 is 0. The van der Waals surface area contributed by atoms with Crippen LogP contribution in [0.15, 0.2) is 36.7 Å². The number of carbonyl (C=O) groups is 1. The predicted octanol–water partition coefficient (Wildman–Crippen LogP) is 2.31. The van der Waals surface area contributed by atoms with E-state index in [4.69, 9.17) is 4.74 Å². The lowest BCUT2D eigenvalue weighted by Gasteiger charge is -2.42. The summed E-state index contributed by atoms with van der Waals surface area (Å²) < 4.78 is 34.4. The lowest BCUT2D eigenvalue weighted by molar-refractivity contribution is -0.145. The second kappa shape index (κ2) is 7.87. The van der Waals surface area contributed by atoms with Crippen molar-refractivity contribution in [3.05, 3.63) is 48.3 Å². The molecule has 28 heavy (non-hydrogen) atoms. The Hall–Kier alpha value is -2.48. The van der Waals surface area contributed by atoms with E-state index in [0.717, 1.165) is 19.2 Å². The Kier molecular flexibility index (Phi) is 5.30. The number of likely N-dealkylation sites (tertiary alicyclic amines) is 1. The number of benzene rings is 1. The van der Waals surface area contributed by atoms with Crippen molar-refractivity contribution in [3.63, 3.8) is 0 Å². The summed E-state index contributed by atoms with van der Waals surface area (Å²) in [6.07, 6.45) is 5.98. The molecular formula is C20H24F2N4O2. The van der Waals surface area contributed by atoms with Crippen LogP contribution in [0.3, 0.4) is 0 Å². The van der Waals surface area contributed by atoms with Crippen LogP contribution in [0.5, 0.6) is 5.75 Å². The minimum Gasteiger partial charge on any atom is -0.487 e. The first-order valence-corrected chi connectivity index (χ1v) is 9.70. The number of nitrogens with one attached hydrogen (secondary N) is 1. The number of piperidine rings is 2. The van der Waals surface area contributed by atoms with Gasteiger partial charge in [-0.05, 0) is 44.1 Å². The summed E-state index contributed by atoms with van der Waals surface area (Å²) in [7, 11) is 0. The molecule has 2 aliphatic heterocycles. The molecular weight excluding hydrogens is 366 g/mol. The fourth-order valence-electron chi connectivity index (χ4n) is 4.12. The summed E-state index contributed by atoms with van der Waals surface area (Å²) in [5.41, 5.74) is -0.647. The third-order valence-electron chi connectivity index (χ3n) is 5.69. The second-order valence-corrected chi connectivity index (χ2v) is 7.42. The second-order valence-electron chi connectivity index (χ2n) is 7.42. The highest BCUT2D eigenvalue weighted by Crippen LogP contribution is 2.31. The lowest BCUT2D eigenvalue weighted by atomic mass is 9.86. The van der Waals surface area contributed by atoms with Crippen LogP contribution in [-0.2, 0) is 10.3 Å². The van der Waals surface area contributed by atoms with Gasteiger partial charge in [0.05, 0.1) is 0 Å². The molecule has 0 atom stereocenters. The minimum atomic E-state index is -0.703. The third-order valence-corrected chi connectivity index (χ3v) is 5.69. The zero-order valence-electron chi connectivity index (χ0n) is 15.6. The van der Waals surface area contributed by atoms with Crippen LogP contribution in [0, 0.1) is 11.6 Å². The fraction of sp³-hybridized carbons (Fsp3) is 0.500. The van der Waals surface area contributed by atoms with Crippen LogP contribution in [0.25, 0.3) is 0 Å². The molecule has 0 spiro atoms. The maximum Gasteiger partial charge on any atom is 0.250 e. The van der Waals surface area contributed by atoms with E-state index in [1.807, 2.05) is 17.2 Å². The predicted molar refractivity (Wildman–Crippen MR) is 98.9 cm³/mol. The van der Waals surface area contributed by atoms with E-state index in [1.54, 1.807) is 10.9 Å². The van der Waals surface area contributed by atoms with Crippen molar-refractivity contribution in [2.75, 3.05) is 26.2 Å². The van der Waals surface area contributed by atoms with Gasteiger partial charge >= 0.3 is 0 Å². The van der Waals surface area contributed by atoms with Crippen LogP contribution >= 0.6 is 0 Å². The van der Waals surface area contributed by atoms with E-state index in [1.165, 1.54) is 12.1 Å². The maximum atomic E-state index is 13.8. The Morgan fingerprint density at radius 1 is 1.21 bits per heavy atom. The average molecular weight is 390 g/mol. The largest absolute Gasteiger partial charge is 0.487 e. The molecule has 8 heteroatoms. The molecule has 1 aromatic heterocycles. The highest BCUT2D eigenvalue weighted by molar-refractivity contribution is 5.84. The van der Waals surface area contributed by atoms with Gasteiger partial charge in [-0.1, -0.05) is 0 Å². The molecule has 0 bridgehead atoms. The Morgan fingerprint density at radius 2 is 1.96 bits per heavy atom. The SMILES string of the molecule is O=C(N1CCC(Oc2ccc(F)cc2F)CC1)C1(n2cccn2)CCNCC1. The van der Waals surface area contributed by atoms with Crippen LogP contribution in [0.1, 0.15) is 25.7 Å². The van der Waals surface area contributed by atoms with Gasteiger partial charge in [-0.25, -0.2) is 8.78 Å². The zero-order valence-corrected chi connectivity index (χ0v) is 15.6. The molecule has 4 rings (SSSR count). The van der Waals surface area contributed by atoms with E-state index >= 15 is 0 Å². The van der Waals surface area contributed by atoms with Gasteiger partial charge in [0, 0.05) is 44.4 Å². The van der Waals surface area contributed by atoms with Gasteiger partial charge < -0.3 is 15.0 Å². The van der Waals surface area contributed by atoms with Gasteiger partial charge in [-0.15, -0.1) is 0 Å². The average Bonchev–Trinajstić information content (AvgIpc) is 3.26. The number of carbonyl (C=O) groups excluding carboxylic acids is 1. The van der Waals surface area contributed by atoms with Gasteiger partial charge in [0.2, 0.25) is 0 Å². The number of halogens is 2. The molecule has 1 N–H and O–H groups in total. The number of aromatic nitrogens is 2. The van der Waals surface area contributed by atoms with Crippen LogP contribution < -0.4 is 10.1 Å². The van der Waals surface area contributed by atoms with Crippen LogP contribution in [0.2, 0.25) is 0 Å². The third kappa shape index (κ3) is 3.61. The van der Waals surface area contributed by atoms with E-state index in [2.05, 4.69) is 10.4 Å². The van der Waals surface area contributed by atoms with Gasteiger partial charge in [0.25, 0.3) is 5.91 Å². The molecule has 2 fully saturated rings. The number of rotatable bonds is 4. The lowest BCUT2D eigenvalue weighted by Crippen LogP contribution is -2.57. The number of nitrogens with zero attached hydrogens (tertiary/aromatic N) is 3. The van der Waals surface area contributed by atoms with Gasteiger partial charge in [0.15, 0.2) is 11.6 Å².